The molecule has 1 heterocycles. The van der Waals surface area contributed by atoms with E-state index in [0.717, 1.165) is 5.56 Å². The van der Waals surface area contributed by atoms with Crippen LogP contribution in [0, 0.1) is 5.92 Å². The van der Waals surface area contributed by atoms with Crippen molar-refractivity contribution in [3.05, 3.63) is 65.7 Å². The molecule has 3 rings (SSSR count). The molecule has 10 nitrogen and oxygen atoms in total. The molecule has 0 saturated carbocycles. The Morgan fingerprint density at radius 2 is 1.59 bits per heavy atom. The Morgan fingerprint density at radius 1 is 0.949 bits per heavy atom. The number of carbonyl (C=O) groups is 4. The minimum Gasteiger partial charge on any atom is -0.508 e. The van der Waals surface area contributed by atoms with E-state index < -0.39 is 42.0 Å². The van der Waals surface area contributed by atoms with Gasteiger partial charge in [0, 0.05) is 13.0 Å². The molecule has 4 atom stereocenters. The van der Waals surface area contributed by atoms with Crippen LogP contribution in [0.4, 0.5) is 0 Å². The van der Waals surface area contributed by atoms with Crippen molar-refractivity contribution in [3.8, 4) is 5.75 Å². The fourth-order valence-electron chi connectivity index (χ4n) is 4.78. The molecule has 0 spiro atoms. The van der Waals surface area contributed by atoms with Gasteiger partial charge in [-0.2, -0.15) is 0 Å². The van der Waals surface area contributed by atoms with Gasteiger partial charge in [0.2, 0.25) is 17.7 Å². The van der Waals surface area contributed by atoms with Crippen LogP contribution in [0.3, 0.4) is 0 Å². The van der Waals surface area contributed by atoms with Gasteiger partial charge in [0.25, 0.3) is 0 Å². The molecule has 4 unspecified atom stereocenters. The fourth-order valence-corrected chi connectivity index (χ4v) is 4.78. The first-order chi connectivity index (χ1) is 18.5. The summed E-state index contributed by atoms with van der Waals surface area (Å²) in [6.07, 6.45) is 1.68. The first-order valence-electron chi connectivity index (χ1n) is 13.3. The number of nitrogens with zero attached hydrogens (tertiary/aromatic N) is 1. The zero-order valence-corrected chi connectivity index (χ0v) is 22.4. The van der Waals surface area contributed by atoms with Crippen molar-refractivity contribution >= 4 is 23.7 Å². The van der Waals surface area contributed by atoms with Gasteiger partial charge in [-0.1, -0.05) is 56.3 Å². The van der Waals surface area contributed by atoms with Crippen LogP contribution in [0.1, 0.15) is 44.2 Å². The van der Waals surface area contributed by atoms with E-state index in [0.29, 0.717) is 31.4 Å². The summed E-state index contributed by atoms with van der Waals surface area (Å²) >= 11 is 0. The quantitative estimate of drug-likeness (QED) is 0.274. The number of phenolic OH excluding ortho intramolecular Hbond substituents is 1. The second-order valence-corrected chi connectivity index (χ2v) is 10.4. The van der Waals surface area contributed by atoms with Gasteiger partial charge in [0.05, 0.1) is 6.04 Å². The predicted molar refractivity (Wildman–Crippen MR) is 146 cm³/mol. The Hall–Kier alpha value is -3.92. The molecule has 1 saturated heterocycles. The summed E-state index contributed by atoms with van der Waals surface area (Å²) in [5.74, 6) is -2.55. The van der Waals surface area contributed by atoms with Crippen molar-refractivity contribution in [2.24, 2.45) is 11.7 Å². The lowest BCUT2D eigenvalue weighted by molar-refractivity contribution is -0.143. The fraction of sp³-hybridized carbons (Fsp3) is 0.448. The van der Waals surface area contributed by atoms with E-state index in [9.17, 15) is 29.4 Å². The Kier molecular flexibility index (Phi) is 10.4. The Bertz CT molecular complexity index is 1140. The van der Waals surface area contributed by atoms with Crippen molar-refractivity contribution in [1.29, 1.82) is 0 Å². The summed E-state index contributed by atoms with van der Waals surface area (Å²) in [5.41, 5.74) is 7.79. The zero-order chi connectivity index (χ0) is 28.5. The molecule has 1 aliphatic rings. The van der Waals surface area contributed by atoms with E-state index in [1.807, 2.05) is 44.2 Å². The number of nitrogens with two attached hydrogens (primary N) is 1. The number of aromatic hydroxyl groups is 1. The van der Waals surface area contributed by atoms with Gasteiger partial charge in [-0.3, -0.25) is 14.4 Å². The highest BCUT2D eigenvalue weighted by Gasteiger charge is 2.38. The highest BCUT2D eigenvalue weighted by Crippen LogP contribution is 2.20. The molecule has 1 fully saturated rings. The van der Waals surface area contributed by atoms with Gasteiger partial charge in [-0.05, 0) is 54.9 Å². The van der Waals surface area contributed by atoms with E-state index in [1.54, 1.807) is 12.1 Å². The first kappa shape index (κ1) is 29.6. The number of hydrogen-bond acceptors (Lipinski definition) is 6. The number of amides is 3. The lowest BCUT2D eigenvalue weighted by Gasteiger charge is -2.29. The lowest BCUT2D eigenvalue weighted by atomic mass is 10.0. The molecule has 3 amide bonds. The second-order valence-electron chi connectivity index (χ2n) is 10.4. The molecule has 39 heavy (non-hydrogen) atoms. The van der Waals surface area contributed by atoms with Gasteiger partial charge in [-0.15, -0.1) is 0 Å². The maximum atomic E-state index is 13.4. The SMILES string of the molecule is CC(C)CC(NC(=O)C(Cc1ccc(O)cc1)NC(=O)C1CCCN1C(=O)C(N)Cc1ccccc1)C(=O)O. The molecule has 0 aromatic heterocycles. The molecule has 2 aromatic carbocycles. The van der Waals surface area contributed by atoms with E-state index in [4.69, 9.17) is 5.73 Å². The summed E-state index contributed by atoms with van der Waals surface area (Å²) in [6.45, 7) is 4.09. The van der Waals surface area contributed by atoms with Crippen molar-refractivity contribution in [2.45, 2.75) is 70.1 Å². The molecule has 210 valence electrons. The highest BCUT2D eigenvalue weighted by molar-refractivity contribution is 5.94. The summed E-state index contributed by atoms with van der Waals surface area (Å²) < 4.78 is 0. The van der Waals surface area contributed by atoms with Gasteiger partial charge >= 0.3 is 5.97 Å². The number of benzene rings is 2. The van der Waals surface area contributed by atoms with Crippen molar-refractivity contribution < 1.29 is 29.4 Å². The molecular weight excluding hydrogens is 500 g/mol. The van der Waals surface area contributed by atoms with Crippen LogP contribution in [0.25, 0.3) is 0 Å². The number of carbonyl (C=O) groups excluding carboxylic acids is 3. The van der Waals surface area contributed by atoms with E-state index in [2.05, 4.69) is 10.6 Å². The first-order valence-corrected chi connectivity index (χ1v) is 13.3. The van der Waals surface area contributed by atoms with E-state index >= 15 is 0 Å². The normalized spacial score (nSPS) is 17.3. The number of phenols is 1. The average molecular weight is 539 g/mol. The number of carboxylic acid groups (broad SMARTS) is 1. The van der Waals surface area contributed by atoms with E-state index in [1.165, 1.54) is 17.0 Å². The number of nitrogens with one attached hydrogen (secondary N) is 2. The Labute approximate surface area is 228 Å². The minimum absolute atomic E-state index is 0.0229. The van der Waals surface area contributed by atoms with Gasteiger partial charge in [-0.25, -0.2) is 4.79 Å². The van der Waals surface area contributed by atoms with Crippen molar-refractivity contribution in [3.63, 3.8) is 0 Å². The molecule has 0 aliphatic carbocycles. The lowest BCUT2D eigenvalue weighted by Crippen LogP contribution is -2.57. The summed E-state index contributed by atoms with van der Waals surface area (Å²) in [6, 6.07) is 11.8. The Balaban J connectivity index is 1.74. The summed E-state index contributed by atoms with van der Waals surface area (Å²) in [4.78, 5) is 53.1. The van der Waals surface area contributed by atoms with Crippen LogP contribution in [0.15, 0.2) is 54.6 Å². The van der Waals surface area contributed by atoms with Crippen LogP contribution in [0.2, 0.25) is 0 Å². The maximum Gasteiger partial charge on any atom is 0.326 e. The third-order valence-electron chi connectivity index (χ3n) is 6.79. The van der Waals surface area contributed by atoms with Gasteiger partial charge in [0.15, 0.2) is 0 Å². The molecule has 0 radical (unpaired) electrons. The molecule has 2 aromatic rings. The number of hydrogen-bond donors (Lipinski definition) is 5. The Morgan fingerprint density at radius 3 is 2.21 bits per heavy atom. The number of likely N-dealkylation sites (tertiary alicyclic amines) is 1. The van der Waals surface area contributed by atoms with Crippen LogP contribution in [0.5, 0.6) is 5.75 Å². The maximum absolute atomic E-state index is 13.4. The predicted octanol–water partition coefficient (Wildman–Crippen LogP) is 1.60. The van der Waals surface area contributed by atoms with Crippen LogP contribution < -0.4 is 16.4 Å². The third kappa shape index (κ3) is 8.54. The zero-order valence-electron chi connectivity index (χ0n) is 22.4. The van der Waals surface area contributed by atoms with Crippen LogP contribution in [-0.2, 0) is 32.0 Å². The average Bonchev–Trinajstić information content (AvgIpc) is 3.39. The molecular formula is C29H38N4O6. The second kappa shape index (κ2) is 13.7. The molecule has 10 heteroatoms. The summed E-state index contributed by atoms with van der Waals surface area (Å²) in [5, 5.41) is 24.5. The number of carboxylic acids is 1. The van der Waals surface area contributed by atoms with Crippen molar-refractivity contribution in [1.82, 2.24) is 15.5 Å². The highest BCUT2D eigenvalue weighted by atomic mass is 16.4. The van der Waals surface area contributed by atoms with E-state index in [-0.39, 0.29) is 30.4 Å². The largest absolute Gasteiger partial charge is 0.508 e. The molecule has 6 N–H and O–H groups in total. The number of rotatable bonds is 12. The molecule has 0 bridgehead atoms. The third-order valence-corrected chi connectivity index (χ3v) is 6.79. The van der Waals surface area contributed by atoms with Gasteiger partial charge in [0.1, 0.15) is 23.9 Å². The van der Waals surface area contributed by atoms with Crippen LogP contribution >= 0.6 is 0 Å². The topological polar surface area (TPSA) is 162 Å². The van der Waals surface area contributed by atoms with Crippen LogP contribution in [-0.4, -0.2) is 69.5 Å². The van der Waals surface area contributed by atoms with Crippen molar-refractivity contribution in [2.75, 3.05) is 6.54 Å². The number of aliphatic carboxylic acids is 1. The standard InChI is InChI=1S/C29H38N4O6/c1-18(2)15-24(29(38)39)32-26(35)23(17-20-10-12-21(34)13-11-20)31-27(36)25-9-6-14-33(25)28(37)22(30)16-19-7-4-3-5-8-19/h3-5,7-8,10-13,18,22-25,34H,6,9,14-17,30H2,1-2H3,(H,31,36)(H,32,35)(H,38,39). The van der Waals surface area contributed by atoms with Gasteiger partial charge < -0.3 is 31.5 Å². The monoisotopic (exact) mass is 538 g/mol. The smallest absolute Gasteiger partial charge is 0.326 e. The minimum atomic E-state index is -1.16. The summed E-state index contributed by atoms with van der Waals surface area (Å²) in [7, 11) is 0. The molecule has 1 aliphatic heterocycles.